The van der Waals surface area contributed by atoms with Crippen LogP contribution in [-0.4, -0.2) is 57.3 Å². The first-order valence-corrected chi connectivity index (χ1v) is 6.34. The largest absolute Gasteiger partial charge is 1.00 e. The van der Waals surface area contributed by atoms with Gasteiger partial charge in [0.1, 0.15) is 18.3 Å². The van der Waals surface area contributed by atoms with Crippen LogP contribution in [0.5, 0.6) is 0 Å². The van der Waals surface area contributed by atoms with Crippen LogP contribution in [0.2, 0.25) is 0 Å². The molecule has 8 nitrogen and oxygen atoms in total. The van der Waals surface area contributed by atoms with Gasteiger partial charge >= 0.3 is 59.1 Å². The predicted octanol–water partition coefficient (Wildman–Crippen LogP) is -9.90. The molecule has 1 fully saturated rings. The van der Waals surface area contributed by atoms with E-state index in [9.17, 15) is 24.6 Å². The second-order valence-electron chi connectivity index (χ2n) is 3.66. The van der Waals surface area contributed by atoms with E-state index in [1.54, 1.807) is 0 Å². The number of aliphatic hydroxyl groups excluding tert-OH is 4. The molecule has 11 heteroatoms. The first-order valence-electron chi connectivity index (χ1n) is 4.61. The van der Waals surface area contributed by atoms with Crippen molar-refractivity contribution in [2.45, 2.75) is 37.1 Å². The molecule has 96 valence electrons. The van der Waals surface area contributed by atoms with Crippen LogP contribution in [0.4, 0.5) is 0 Å². The molecule has 0 aromatic heterocycles. The molecule has 0 spiro atoms. The molecule has 1 aliphatic heterocycles. The fourth-order valence-corrected chi connectivity index (χ4v) is 2.03. The van der Waals surface area contributed by atoms with Crippen molar-refractivity contribution in [1.29, 1.82) is 0 Å². The molecule has 0 bridgehead atoms. The quantitative estimate of drug-likeness (QED) is 0.296. The van der Waals surface area contributed by atoms with Gasteiger partial charge in [0.05, 0.1) is 6.10 Å². The summed E-state index contributed by atoms with van der Waals surface area (Å²) in [6.45, 7) is 0. The number of aliphatic hydroxyl groups is 4. The predicted molar refractivity (Wildman–Crippen MR) is 46.0 cm³/mol. The Morgan fingerprint density at radius 3 is 1.94 bits per heavy atom. The van der Waals surface area contributed by atoms with Crippen molar-refractivity contribution < 1.29 is 98.6 Å². The molecule has 1 rings (SSSR count). The molecule has 1 saturated heterocycles. The van der Waals surface area contributed by atoms with E-state index in [0.717, 1.165) is 0 Å². The van der Waals surface area contributed by atoms with Gasteiger partial charge in [-0.3, -0.25) is 0 Å². The Morgan fingerprint density at radius 1 is 1.00 bits per heavy atom. The Hall–Kier alpha value is 1.95. The second kappa shape index (κ2) is 9.07. The molecule has 0 radical (unpaired) electrons. The van der Waals surface area contributed by atoms with Crippen molar-refractivity contribution in [3.05, 3.63) is 0 Å². The van der Waals surface area contributed by atoms with Gasteiger partial charge in [-0.1, -0.05) is 7.60 Å². The van der Waals surface area contributed by atoms with Gasteiger partial charge in [0.25, 0.3) is 0 Å². The van der Waals surface area contributed by atoms with Gasteiger partial charge in [-0.15, -0.1) is 0 Å². The minimum Gasteiger partial charge on any atom is -0.811 e. The Bertz CT molecular complexity index is 287. The van der Waals surface area contributed by atoms with Crippen molar-refractivity contribution in [3.63, 3.8) is 0 Å². The molecule has 0 aliphatic carbocycles. The maximum Gasteiger partial charge on any atom is 1.00 e. The molecule has 18 heavy (non-hydrogen) atoms. The molecule has 4 N–H and O–H groups in total. The summed E-state index contributed by atoms with van der Waals surface area (Å²) in [7, 11) is -4.73. The molecule has 0 aromatic rings. The second-order valence-corrected chi connectivity index (χ2v) is 5.33. The summed E-state index contributed by atoms with van der Waals surface area (Å²) >= 11 is 0. The van der Waals surface area contributed by atoms with Crippen LogP contribution < -0.4 is 68.9 Å². The van der Waals surface area contributed by atoms with Crippen LogP contribution >= 0.6 is 7.60 Å². The van der Waals surface area contributed by atoms with E-state index in [1.807, 2.05) is 0 Å². The summed E-state index contributed by atoms with van der Waals surface area (Å²) in [5.41, 5.74) is 0. The van der Waals surface area contributed by atoms with E-state index in [-0.39, 0.29) is 65.5 Å². The number of ether oxygens (including phenoxy) is 1. The van der Waals surface area contributed by atoms with E-state index in [0.29, 0.717) is 0 Å². The van der Waals surface area contributed by atoms with Crippen LogP contribution in [0.3, 0.4) is 0 Å². The zero-order chi connectivity index (χ0) is 12.5. The van der Waals surface area contributed by atoms with Gasteiger partial charge in [-0.2, -0.15) is 0 Å². The van der Waals surface area contributed by atoms with Crippen molar-refractivity contribution >= 4 is 7.60 Å². The molecule has 5 atom stereocenters. The van der Waals surface area contributed by atoms with E-state index < -0.39 is 44.5 Å². The van der Waals surface area contributed by atoms with Crippen molar-refractivity contribution in [2.75, 3.05) is 6.16 Å². The van der Waals surface area contributed by atoms with Gasteiger partial charge in [0, 0.05) is 0 Å². The first-order chi connectivity index (χ1) is 7.22. The standard InChI is InChI=1S/C7H15O8P.2Na/c8-4-3(1-2-16(12,13)14)15-7(11)6(10)5(4)9;;/h3-11H,1-2H2,(H2,12,13,14);;/q;2*+1/p-2. The van der Waals surface area contributed by atoms with E-state index >= 15 is 0 Å². The third-order valence-electron chi connectivity index (χ3n) is 2.37. The summed E-state index contributed by atoms with van der Waals surface area (Å²) in [5, 5.41) is 36.8. The average molecular weight is 302 g/mol. The van der Waals surface area contributed by atoms with Gasteiger partial charge in [-0.05, 0) is 12.6 Å². The Labute approximate surface area is 148 Å². The van der Waals surface area contributed by atoms with E-state index in [1.165, 1.54) is 0 Å². The van der Waals surface area contributed by atoms with Gasteiger partial charge in [0.2, 0.25) is 0 Å². The van der Waals surface area contributed by atoms with Crippen molar-refractivity contribution in [1.82, 2.24) is 0 Å². The van der Waals surface area contributed by atoms with E-state index in [4.69, 9.17) is 10.2 Å². The molecule has 0 saturated carbocycles. The van der Waals surface area contributed by atoms with Crippen LogP contribution in [0.25, 0.3) is 0 Å². The van der Waals surface area contributed by atoms with Crippen LogP contribution in [0.15, 0.2) is 0 Å². The van der Waals surface area contributed by atoms with Gasteiger partial charge in [0.15, 0.2) is 6.29 Å². The summed E-state index contributed by atoms with van der Waals surface area (Å²) < 4.78 is 15.0. The summed E-state index contributed by atoms with van der Waals surface area (Å²) in [5.74, 6) is 0. The van der Waals surface area contributed by atoms with Crippen molar-refractivity contribution in [3.8, 4) is 0 Å². The molecule has 1 aliphatic rings. The number of hydrogen-bond acceptors (Lipinski definition) is 8. The van der Waals surface area contributed by atoms with Crippen LogP contribution in [0, 0.1) is 0 Å². The summed E-state index contributed by atoms with van der Waals surface area (Å²) in [6, 6.07) is 0. The molecule has 1 heterocycles. The first kappa shape index (κ1) is 22.2. The summed E-state index contributed by atoms with van der Waals surface area (Å²) in [6.07, 6.45) is -8.91. The Kier molecular flexibility index (Phi) is 11.2. The Morgan fingerprint density at radius 2 is 1.50 bits per heavy atom. The zero-order valence-corrected chi connectivity index (χ0v) is 15.1. The monoisotopic (exact) mass is 302 g/mol. The zero-order valence-electron chi connectivity index (χ0n) is 10.2. The topological polar surface area (TPSA) is 153 Å². The van der Waals surface area contributed by atoms with Crippen LogP contribution in [-0.2, 0) is 9.30 Å². The molecular formula is C7H13Na2O8P. The van der Waals surface area contributed by atoms with Gasteiger partial charge in [-0.25, -0.2) is 0 Å². The minimum atomic E-state index is -4.73. The maximum absolute atomic E-state index is 10.4. The maximum atomic E-state index is 10.4. The van der Waals surface area contributed by atoms with E-state index in [2.05, 4.69) is 4.74 Å². The third kappa shape index (κ3) is 6.60. The molecular weight excluding hydrogens is 289 g/mol. The molecule has 0 amide bonds. The SMILES string of the molecule is O=P([O-])([O-])CCC1OC(O)C(O)C(O)C1O.[Na+].[Na+]. The summed E-state index contributed by atoms with van der Waals surface area (Å²) in [4.78, 5) is 20.7. The fraction of sp³-hybridized carbons (Fsp3) is 1.00. The minimum absolute atomic E-state index is 0. The third-order valence-corrected chi connectivity index (χ3v) is 3.18. The molecule has 0 aromatic carbocycles. The average Bonchev–Trinajstić information content (AvgIpc) is 2.17. The van der Waals surface area contributed by atoms with Crippen LogP contribution in [0.1, 0.15) is 6.42 Å². The Balaban J connectivity index is 0. The van der Waals surface area contributed by atoms with Gasteiger partial charge < -0.3 is 39.5 Å². The normalized spacial score (nSPS) is 36.4. The fourth-order valence-electron chi connectivity index (χ4n) is 1.45. The number of hydrogen-bond donors (Lipinski definition) is 4. The molecule has 5 unspecified atom stereocenters. The van der Waals surface area contributed by atoms with Crippen molar-refractivity contribution in [2.24, 2.45) is 0 Å². The smallest absolute Gasteiger partial charge is 0.811 e. The number of rotatable bonds is 3.